The van der Waals surface area contributed by atoms with Crippen LogP contribution in [0.3, 0.4) is 0 Å². The van der Waals surface area contributed by atoms with E-state index in [9.17, 15) is 18.0 Å². The van der Waals surface area contributed by atoms with Crippen molar-refractivity contribution in [2.45, 2.75) is 18.9 Å². The van der Waals surface area contributed by atoms with Crippen molar-refractivity contribution in [3.05, 3.63) is 30.3 Å². The number of hydrogen-bond acceptors (Lipinski definition) is 4. The molecule has 118 valence electrons. The Morgan fingerprint density at radius 2 is 1.95 bits per heavy atom. The molecule has 7 heteroatoms. The number of carbonyl (C=O) groups is 2. The first-order valence-electron chi connectivity index (χ1n) is 7.31. The van der Waals surface area contributed by atoms with Gasteiger partial charge in [0.05, 0.1) is 17.4 Å². The summed E-state index contributed by atoms with van der Waals surface area (Å²) in [5.74, 6) is -0.602. The van der Waals surface area contributed by atoms with Crippen LogP contribution in [0.4, 0.5) is 5.69 Å². The zero-order chi connectivity index (χ0) is 15.7. The molecular weight excluding hydrogens is 304 g/mol. The molecule has 6 nitrogen and oxygen atoms in total. The van der Waals surface area contributed by atoms with Crippen LogP contribution in [0.15, 0.2) is 30.3 Å². The van der Waals surface area contributed by atoms with Crippen molar-refractivity contribution in [1.82, 2.24) is 5.32 Å². The second-order valence-electron chi connectivity index (χ2n) is 5.85. The topological polar surface area (TPSA) is 83.5 Å². The highest BCUT2D eigenvalue weighted by Crippen LogP contribution is 2.25. The van der Waals surface area contributed by atoms with Crippen LogP contribution < -0.4 is 10.2 Å². The van der Waals surface area contributed by atoms with E-state index in [4.69, 9.17) is 0 Å². The maximum atomic E-state index is 12.2. The highest BCUT2D eigenvalue weighted by atomic mass is 32.2. The van der Waals surface area contributed by atoms with Gasteiger partial charge in [0.15, 0.2) is 9.84 Å². The fourth-order valence-electron chi connectivity index (χ4n) is 2.97. The molecule has 2 heterocycles. The smallest absolute Gasteiger partial charge is 0.227 e. The van der Waals surface area contributed by atoms with E-state index in [1.807, 2.05) is 30.3 Å². The molecule has 0 aliphatic carbocycles. The number of anilines is 1. The number of nitrogens with one attached hydrogen (secondary N) is 1. The average Bonchev–Trinajstić information content (AvgIpc) is 3.02. The number of benzene rings is 1. The van der Waals surface area contributed by atoms with Gasteiger partial charge in [0, 0.05) is 24.7 Å². The molecule has 2 aliphatic heterocycles. The van der Waals surface area contributed by atoms with Gasteiger partial charge in [-0.25, -0.2) is 8.42 Å². The number of rotatable bonds is 3. The van der Waals surface area contributed by atoms with E-state index in [0.29, 0.717) is 13.0 Å². The molecule has 22 heavy (non-hydrogen) atoms. The maximum Gasteiger partial charge on any atom is 0.227 e. The van der Waals surface area contributed by atoms with Gasteiger partial charge in [-0.3, -0.25) is 9.59 Å². The zero-order valence-corrected chi connectivity index (χ0v) is 12.9. The minimum absolute atomic E-state index is 0.00179. The molecule has 0 aromatic heterocycles. The van der Waals surface area contributed by atoms with Crippen LogP contribution in [0.1, 0.15) is 12.8 Å². The number of amides is 2. The highest BCUT2D eigenvalue weighted by molar-refractivity contribution is 7.91. The van der Waals surface area contributed by atoms with Crippen molar-refractivity contribution in [3.8, 4) is 0 Å². The lowest BCUT2D eigenvalue weighted by atomic mass is 10.1. The van der Waals surface area contributed by atoms with Gasteiger partial charge in [-0.1, -0.05) is 18.2 Å². The van der Waals surface area contributed by atoms with Crippen LogP contribution >= 0.6 is 0 Å². The van der Waals surface area contributed by atoms with Gasteiger partial charge < -0.3 is 10.2 Å². The van der Waals surface area contributed by atoms with E-state index < -0.39 is 15.8 Å². The molecule has 2 atom stereocenters. The summed E-state index contributed by atoms with van der Waals surface area (Å²) in [6, 6.07) is 8.91. The van der Waals surface area contributed by atoms with E-state index in [-0.39, 0.29) is 35.8 Å². The molecule has 0 bridgehead atoms. The second-order valence-corrected chi connectivity index (χ2v) is 8.08. The molecular formula is C15H18N2O4S. The number of carbonyl (C=O) groups excluding carboxylic acids is 2. The van der Waals surface area contributed by atoms with E-state index in [1.165, 1.54) is 0 Å². The summed E-state index contributed by atoms with van der Waals surface area (Å²) in [6.45, 7) is 0.341. The minimum Gasteiger partial charge on any atom is -0.352 e. The van der Waals surface area contributed by atoms with Crippen molar-refractivity contribution in [2.75, 3.05) is 23.0 Å². The monoisotopic (exact) mass is 322 g/mol. The highest BCUT2D eigenvalue weighted by Gasteiger charge is 2.37. The first-order chi connectivity index (χ1) is 10.4. The van der Waals surface area contributed by atoms with Crippen LogP contribution in [-0.2, 0) is 19.4 Å². The Morgan fingerprint density at radius 3 is 2.59 bits per heavy atom. The second kappa shape index (κ2) is 5.72. The Hall–Kier alpha value is -1.89. The van der Waals surface area contributed by atoms with Crippen LogP contribution in [0.2, 0.25) is 0 Å². The van der Waals surface area contributed by atoms with Gasteiger partial charge in [-0.2, -0.15) is 0 Å². The van der Waals surface area contributed by atoms with E-state index in [2.05, 4.69) is 5.32 Å². The third kappa shape index (κ3) is 3.14. The first-order valence-corrected chi connectivity index (χ1v) is 9.13. The SMILES string of the molecule is O=C(N[C@H]1CCS(=O)(=O)C1)[C@@H]1CC(=O)N(c2ccccc2)C1. The van der Waals surface area contributed by atoms with Crippen molar-refractivity contribution >= 4 is 27.3 Å². The summed E-state index contributed by atoms with van der Waals surface area (Å²) < 4.78 is 22.8. The molecule has 1 aromatic carbocycles. The Bertz CT molecular complexity index is 687. The van der Waals surface area contributed by atoms with Gasteiger partial charge in [0.2, 0.25) is 11.8 Å². The van der Waals surface area contributed by atoms with Gasteiger partial charge >= 0.3 is 0 Å². The van der Waals surface area contributed by atoms with Crippen LogP contribution in [0, 0.1) is 5.92 Å². The molecule has 0 spiro atoms. The first kappa shape index (κ1) is 15.0. The minimum atomic E-state index is -3.02. The fraction of sp³-hybridized carbons (Fsp3) is 0.467. The van der Waals surface area contributed by atoms with Gasteiger partial charge in [0.25, 0.3) is 0 Å². The van der Waals surface area contributed by atoms with Crippen LogP contribution in [0.25, 0.3) is 0 Å². The van der Waals surface area contributed by atoms with Gasteiger partial charge in [-0.15, -0.1) is 0 Å². The molecule has 0 saturated carbocycles. The third-order valence-electron chi connectivity index (χ3n) is 4.14. The summed E-state index contributed by atoms with van der Waals surface area (Å²) in [5, 5.41) is 2.77. The average molecular weight is 322 g/mol. The standard InChI is InChI=1S/C15H18N2O4S/c18-14-8-11(9-17(14)13-4-2-1-3-5-13)15(19)16-12-6-7-22(20,21)10-12/h1-5,11-12H,6-10H2,(H,16,19)/t11-,12+/m1/s1. The van der Waals surface area contributed by atoms with Crippen LogP contribution in [-0.4, -0.2) is 44.3 Å². The van der Waals surface area contributed by atoms with E-state index in [0.717, 1.165) is 5.69 Å². The van der Waals surface area contributed by atoms with Crippen molar-refractivity contribution in [3.63, 3.8) is 0 Å². The molecule has 3 rings (SSSR count). The summed E-state index contributed by atoms with van der Waals surface area (Å²) in [5.41, 5.74) is 0.784. The largest absolute Gasteiger partial charge is 0.352 e. The molecule has 2 aliphatic rings. The summed E-state index contributed by atoms with van der Waals surface area (Å²) in [6.07, 6.45) is 0.622. The summed E-state index contributed by atoms with van der Waals surface area (Å²) >= 11 is 0. The Kier molecular flexibility index (Phi) is 3.90. The fourth-order valence-corrected chi connectivity index (χ4v) is 4.64. The van der Waals surface area contributed by atoms with Crippen molar-refractivity contribution < 1.29 is 18.0 Å². The van der Waals surface area contributed by atoms with Gasteiger partial charge in [0.1, 0.15) is 0 Å². The third-order valence-corrected chi connectivity index (χ3v) is 5.91. The van der Waals surface area contributed by atoms with E-state index in [1.54, 1.807) is 4.90 Å². The molecule has 2 fully saturated rings. The number of nitrogens with zero attached hydrogens (tertiary/aromatic N) is 1. The predicted molar refractivity (Wildman–Crippen MR) is 82.1 cm³/mol. The van der Waals surface area contributed by atoms with Crippen molar-refractivity contribution in [2.24, 2.45) is 5.92 Å². The lowest BCUT2D eigenvalue weighted by Gasteiger charge is -2.17. The Labute approximate surface area is 129 Å². The molecule has 0 radical (unpaired) electrons. The molecule has 2 saturated heterocycles. The lowest BCUT2D eigenvalue weighted by Crippen LogP contribution is -2.40. The van der Waals surface area contributed by atoms with Crippen molar-refractivity contribution in [1.29, 1.82) is 0 Å². The van der Waals surface area contributed by atoms with E-state index >= 15 is 0 Å². The summed E-state index contributed by atoms with van der Waals surface area (Å²) in [4.78, 5) is 25.9. The molecule has 0 unspecified atom stereocenters. The quantitative estimate of drug-likeness (QED) is 0.870. The maximum absolute atomic E-state index is 12.2. The molecule has 1 N–H and O–H groups in total. The molecule has 1 aromatic rings. The number of hydrogen-bond donors (Lipinski definition) is 1. The normalized spacial score (nSPS) is 27.1. The molecule has 2 amide bonds. The number of sulfone groups is 1. The Balaban J connectivity index is 1.62. The van der Waals surface area contributed by atoms with Crippen LogP contribution in [0.5, 0.6) is 0 Å². The van der Waals surface area contributed by atoms with Gasteiger partial charge in [-0.05, 0) is 18.6 Å². The lowest BCUT2D eigenvalue weighted by molar-refractivity contribution is -0.126. The Morgan fingerprint density at radius 1 is 1.23 bits per heavy atom. The predicted octanol–water partition coefficient (Wildman–Crippen LogP) is 0.343. The number of para-hydroxylation sites is 1. The zero-order valence-electron chi connectivity index (χ0n) is 12.1. The summed E-state index contributed by atoms with van der Waals surface area (Å²) in [7, 11) is -3.02.